The minimum atomic E-state index is -0.0896. The predicted octanol–water partition coefficient (Wildman–Crippen LogP) is 5.88. The Bertz CT molecular complexity index is 1250. The van der Waals surface area contributed by atoms with Crippen molar-refractivity contribution in [3.05, 3.63) is 108 Å². The van der Waals surface area contributed by atoms with Crippen molar-refractivity contribution in [2.45, 2.75) is 38.8 Å². The molecule has 33 heavy (non-hydrogen) atoms. The number of anilines is 1. The molecule has 166 valence electrons. The number of hydrogen-bond acceptors (Lipinski definition) is 3. The van der Waals surface area contributed by atoms with Gasteiger partial charge in [0.25, 0.3) is 0 Å². The third kappa shape index (κ3) is 3.91. The van der Waals surface area contributed by atoms with E-state index in [9.17, 15) is 0 Å². The van der Waals surface area contributed by atoms with Gasteiger partial charge in [0.05, 0.1) is 23.6 Å². The van der Waals surface area contributed by atoms with Crippen LogP contribution in [0.1, 0.15) is 54.5 Å². The zero-order chi connectivity index (χ0) is 22.9. The molecule has 0 aliphatic carbocycles. The van der Waals surface area contributed by atoms with Crippen molar-refractivity contribution in [2.24, 2.45) is 0 Å². The molecule has 5 nitrogen and oxygen atoms in total. The molecule has 3 aromatic heterocycles. The summed E-state index contributed by atoms with van der Waals surface area (Å²) in [5.74, 6) is 0.477. The summed E-state index contributed by atoms with van der Waals surface area (Å²) < 4.78 is 2.26. The summed E-state index contributed by atoms with van der Waals surface area (Å²) in [6, 6.07) is 23.0. The largest absolute Gasteiger partial charge is 0.351 e. The van der Waals surface area contributed by atoms with Crippen LogP contribution in [0.5, 0.6) is 0 Å². The SMILES string of the molecule is Cc1ccc(C2C(c3ccccn3)NC(=S)N2c2ccc(C(C)C)cc2)n1-c1cccnc1. The molecule has 4 aromatic rings. The van der Waals surface area contributed by atoms with Gasteiger partial charge in [-0.25, -0.2) is 0 Å². The second kappa shape index (κ2) is 8.79. The number of rotatable bonds is 5. The standard InChI is InChI=1S/C27H27N5S/c1-18(2)20-10-12-21(13-11-20)32-26(25(30-27(32)33)23-8-4-5-16-29-23)24-14-9-19(3)31(24)22-7-6-15-28-17-22/h4-18,25-26H,1-3H3,(H,30,33). The van der Waals surface area contributed by atoms with Crippen LogP contribution in [0.3, 0.4) is 0 Å². The van der Waals surface area contributed by atoms with Gasteiger partial charge in [0, 0.05) is 29.5 Å². The fraction of sp³-hybridized carbons (Fsp3) is 0.222. The minimum Gasteiger partial charge on any atom is -0.351 e. The molecule has 0 spiro atoms. The van der Waals surface area contributed by atoms with Crippen LogP contribution in [0.2, 0.25) is 0 Å². The zero-order valence-corrected chi connectivity index (χ0v) is 19.8. The molecule has 0 bridgehead atoms. The van der Waals surface area contributed by atoms with Gasteiger partial charge in [0.2, 0.25) is 0 Å². The van der Waals surface area contributed by atoms with Gasteiger partial charge in [0.15, 0.2) is 5.11 Å². The number of nitrogens with one attached hydrogen (secondary N) is 1. The van der Waals surface area contributed by atoms with E-state index in [4.69, 9.17) is 12.2 Å². The highest BCUT2D eigenvalue weighted by atomic mass is 32.1. The topological polar surface area (TPSA) is 46.0 Å². The lowest BCUT2D eigenvalue weighted by atomic mass is 9.99. The van der Waals surface area contributed by atoms with E-state index >= 15 is 0 Å². The van der Waals surface area contributed by atoms with E-state index in [1.54, 1.807) is 6.20 Å². The first-order valence-electron chi connectivity index (χ1n) is 11.2. The maximum atomic E-state index is 5.89. The second-order valence-electron chi connectivity index (χ2n) is 8.69. The molecule has 6 heteroatoms. The molecule has 2 unspecified atom stereocenters. The summed E-state index contributed by atoms with van der Waals surface area (Å²) in [6.07, 6.45) is 5.53. The van der Waals surface area contributed by atoms with Crippen LogP contribution in [0.4, 0.5) is 5.69 Å². The Morgan fingerprint density at radius 1 is 0.909 bits per heavy atom. The molecule has 1 aliphatic heterocycles. The zero-order valence-electron chi connectivity index (χ0n) is 19.0. The molecule has 0 amide bonds. The summed E-state index contributed by atoms with van der Waals surface area (Å²) in [5.41, 5.74) is 6.65. The van der Waals surface area contributed by atoms with E-state index in [-0.39, 0.29) is 12.1 Å². The van der Waals surface area contributed by atoms with Crippen LogP contribution in [0.15, 0.2) is 85.3 Å². The molecular formula is C27H27N5S. The van der Waals surface area contributed by atoms with Crippen LogP contribution in [-0.4, -0.2) is 19.6 Å². The highest BCUT2D eigenvalue weighted by molar-refractivity contribution is 7.80. The Labute approximate surface area is 200 Å². The first kappa shape index (κ1) is 21.3. The van der Waals surface area contributed by atoms with Crippen LogP contribution in [0, 0.1) is 6.92 Å². The Hall–Kier alpha value is -3.51. The third-order valence-corrected chi connectivity index (χ3v) is 6.56. The van der Waals surface area contributed by atoms with Crippen molar-refractivity contribution in [1.29, 1.82) is 0 Å². The normalized spacial score (nSPS) is 18.1. The number of aromatic nitrogens is 3. The van der Waals surface area contributed by atoms with Crippen LogP contribution >= 0.6 is 12.2 Å². The van der Waals surface area contributed by atoms with Gasteiger partial charge < -0.3 is 14.8 Å². The lowest BCUT2D eigenvalue weighted by Gasteiger charge is -2.29. The number of hydrogen-bond donors (Lipinski definition) is 1. The van der Waals surface area contributed by atoms with E-state index in [1.165, 1.54) is 5.56 Å². The first-order valence-corrected chi connectivity index (χ1v) is 11.6. The molecule has 1 aliphatic rings. The van der Waals surface area contributed by atoms with Crippen LogP contribution in [0.25, 0.3) is 5.69 Å². The fourth-order valence-corrected chi connectivity index (χ4v) is 4.93. The van der Waals surface area contributed by atoms with Crippen LogP contribution < -0.4 is 10.2 Å². The van der Waals surface area contributed by atoms with E-state index in [1.807, 2.05) is 30.6 Å². The highest BCUT2D eigenvalue weighted by Crippen LogP contribution is 2.42. The van der Waals surface area contributed by atoms with Crippen molar-refractivity contribution in [3.8, 4) is 5.69 Å². The average molecular weight is 454 g/mol. The minimum absolute atomic E-state index is 0.0776. The summed E-state index contributed by atoms with van der Waals surface area (Å²) in [4.78, 5) is 11.3. The maximum absolute atomic E-state index is 5.89. The number of pyridine rings is 2. The van der Waals surface area contributed by atoms with Crippen molar-refractivity contribution >= 4 is 23.0 Å². The maximum Gasteiger partial charge on any atom is 0.174 e. The van der Waals surface area contributed by atoms with Gasteiger partial charge >= 0.3 is 0 Å². The van der Waals surface area contributed by atoms with Crippen LogP contribution in [-0.2, 0) is 0 Å². The monoisotopic (exact) mass is 453 g/mol. The average Bonchev–Trinajstić information content (AvgIpc) is 3.39. The van der Waals surface area contributed by atoms with Crippen molar-refractivity contribution in [2.75, 3.05) is 4.90 Å². The Morgan fingerprint density at radius 2 is 1.73 bits per heavy atom. The van der Waals surface area contributed by atoms with Gasteiger partial charge in [0.1, 0.15) is 6.04 Å². The molecule has 1 N–H and O–H groups in total. The lowest BCUT2D eigenvalue weighted by molar-refractivity contribution is 0.548. The van der Waals surface area contributed by atoms with Crippen molar-refractivity contribution in [1.82, 2.24) is 19.9 Å². The fourth-order valence-electron chi connectivity index (χ4n) is 4.58. The molecule has 0 radical (unpaired) electrons. The predicted molar refractivity (Wildman–Crippen MR) is 137 cm³/mol. The van der Waals surface area contributed by atoms with Gasteiger partial charge in [-0.3, -0.25) is 9.97 Å². The second-order valence-corrected chi connectivity index (χ2v) is 9.08. The molecule has 2 atom stereocenters. The number of nitrogens with zero attached hydrogens (tertiary/aromatic N) is 4. The quantitative estimate of drug-likeness (QED) is 0.383. The summed E-state index contributed by atoms with van der Waals surface area (Å²) in [7, 11) is 0. The molecule has 1 fully saturated rings. The van der Waals surface area contributed by atoms with Crippen molar-refractivity contribution in [3.63, 3.8) is 0 Å². The smallest absolute Gasteiger partial charge is 0.174 e. The first-order chi connectivity index (χ1) is 16.0. The highest BCUT2D eigenvalue weighted by Gasteiger charge is 2.42. The Balaban J connectivity index is 1.67. The van der Waals surface area contributed by atoms with Gasteiger partial charge in [-0.05, 0) is 79.2 Å². The molecule has 5 rings (SSSR count). The number of thiocarbonyl (C=S) groups is 1. The lowest BCUT2D eigenvalue weighted by Crippen LogP contribution is -2.30. The Morgan fingerprint density at radius 3 is 2.39 bits per heavy atom. The summed E-state index contributed by atoms with van der Waals surface area (Å²) in [5, 5.41) is 4.26. The van der Waals surface area contributed by atoms with Gasteiger partial charge in [-0.1, -0.05) is 32.0 Å². The summed E-state index contributed by atoms with van der Waals surface area (Å²) >= 11 is 5.89. The van der Waals surface area contributed by atoms with E-state index < -0.39 is 0 Å². The Kier molecular flexibility index (Phi) is 5.68. The number of benzene rings is 1. The summed E-state index contributed by atoms with van der Waals surface area (Å²) in [6.45, 7) is 6.54. The number of aryl methyl sites for hydroxylation is 1. The molecule has 0 saturated carbocycles. The van der Waals surface area contributed by atoms with Crippen molar-refractivity contribution < 1.29 is 0 Å². The van der Waals surface area contributed by atoms with Gasteiger partial charge in [-0.15, -0.1) is 0 Å². The molecular weight excluding hydrogens is 426 g/mol. The molecule has 1 aromatic carbocycles. The van der Waals surface area contributed by atoms with E-state index in [0.29, 0.717) is 11.0 Å². The van der Waals surface area contributed by atoms with E-state index in [2.05, 4.69) is 94.1 Å². The van der Waals surface area contributed by atoms with E-state index in [0.717, 1.165) is 28.5 Å². The van der Waals surface area contributed by atoms with Gasteiger partial charge in [-0.2, -0.15) is 0 Å². The molecule has 1 saturated heterocycles. The molecule has 4 heterocycles. The third-order valence-electron chi connectivity index (χ3n) is 6.25.